The lowest BCUT2D eigenvalue weighted by Gasteiger charge is -2.28. The molecule has 34 heavy (non-hydrogen) atoms. The Hall–Kier alpha value is -3.48. The van der Waals surface area contributed by atoms with Gasteiger partial charge in [0.15, 0.2) is 0 Å². The van der Waals surface area contributed by atoms with Crippen LogP contribution in [0.4, 0.5) is 4.39 Å². The number of hydrogen-bond donors (Lipinski definition) is 3. The number of aromatic nitrogens is 2. The maximum Gasteiger partial charge on any atom is 0.132 e. The van der Waals surface area contributed by atoms with Crippen molar-refractivity contribution in [1.29, 1.82) is 0 Å². The van der Waals surface area contributed by atoms with Crippen molar-refractivity contribution in [2.45, 2.75) is 38.5 Å². The molecule has 1 heterocycles. The first-order valence-electron chi connectivity index (χ1n) is 11.4. The van der Waals surface area contributed by atoms with Gasteiger partial charge in [0.25, 0.3) is 0 Å². The van der Waals surface area contributed by atoms with E-state index < -0.39 is 11.9 Å². The zero-order valence-electron chi connectivity index (χ0n) is 19.4. The highest BCUT2D eigenvalue weighted by molar-refractivity contribution is 5.78. The molecular formula is C28H30FN3O2. The second-order valence-electron chi connectivity index (χ2n) is 9.10. The molecule has 0 aliphatic rings. The molecule has 1 aromatic heterocycles. The smallest absolute Gasteiger partial charge is 0.132 e. The minimum atomic E-state index is -1.02. The first-order valence-corrected chi connectivity index (χ1v) is 11.4. The van der Waals surface area contributed by atoms with E-state index in [2.05, 4.69) is 48.0 Å². The van der Waals surface area contributed by atoms with Crippen LogP contribution in [0, 0.1) is 5.82 Å². The van der Waals surface area contributed by atoms with E-state index in [1.807, 2.05) is 42.7 Å². The van der Waals surface area contributed by atoms with Gasteiger partial charge in [0.1, 0.15) is 11.6 Å². The quantitative estimate of drug-likeness (QED) is 0.307. The van der Waals surface area contributed by atoms with Gasteiger partial charge in [-0.3, -0.25) is 0 Å². The number of benzene rings is 3. The lowest BCUT2D eigenvalue weighted by molar-refractivity contribution is 0.154. The number of β-amino-alcohol motifs (C(OH)–C–C–N with tert-alkyl or cyclic N) is 1. The van der Waals surface area contributed by atoms with E-state index in [1.54, 1.807) is 0 Å². The summed E-state index contributed by atoms with van der Waals surface area (Å²) in [6.45, 7) is 5.03. The summed E-state index contributed by atoms with van der Waals surface area (Å²) >= 11 is 0. The number of aryl methyl sites for hydroxylation is 1. The van der Waals surface area contributed by atoms with E-state index in [0.29, 0.717) is 6.54 Å². The van der Waals surface area contributed by atoms with Crippen LogP contribution in [-0.2, 0) is 6.54 Å². The average Bonchev–Trinajstić information content (AvgIpc) is 3.27. The van der Waals surface area contributed by atoms with Gasteiger partial charge in [0.2, 0.25) is 0 Å². The standard InChI is InChI=1S/C28H30FN3O2/c1-28(2,31-18-25(34)23-14-13-22(33)17-24(23)29)15-16-32-19-30-26(20-9-5-3-6-10-20)27(32)21-11-7-4-8-12-21/h3-14,17,19,25,31,33-34H,15-16,18H2,1-2H3. The molecule has 0 aliphatic heterocycles. The van der Waals surface area contributed by atoms with Crippen molar-refractivity contribution in [3.8, 4) is 28.3 Å². The molecule has 176 valence electrons. The van der Waals surface area contributed by atoms with Crippen LogP contribution in [0.2, 0.25) is 0 Å². The van der Waals surface area contributed by atoms with E-state index in [-0.39, 0.29) is 23.4 Å². The Balaban J connectivity index is 1.49. The highest BCUT2D eigenvalue weighted by Crippen LogP contribution is 2.32. The van der Waals surface area contributed by atoms with E-state index in [9.17, 15) is 14.6 Å². The van der Waals surface area contributed by atoms with Crippen LogP contribution in [0.25, 0.3) is 22.5 Å². The number of hydrogen-bond acceptors (Lipinski definition) is 4. The van der Waals surface area contributed by atoms with Gasteiger partial charge in [-0.1, -0.05) is 60.7 Å². The van der Waals surface area contributed by atoms with E-state index in [4.69, 9.17) is 4.98 Å². The van der Waals surface area contributed by atoms with Crippen molar-refractivity contribution >= 4 is 0 Å². The number of phenolic OH excluding ortho intramolecular Hbond substituents is 1. The van der Waals surface area contributed by atoms with Crippen molar-refractivity contribution in [3.05, 3.63) is 96.6 Å². The Kier molecular flexibility index (Phi) is 7.10. The number of nitrogens with zero attached hydrogens (tertiary/aromatic N) is 2. The lowest BCUT2D eigenvalue weighted by atomic mass is 9.99. The number of halogens is 1. The molecule has 0 aliphatic carbocycles. The molecule has 4 rings (SSSR count). The van der Waals surface area contributed by atoms with Gasteiger partial charge in [-0.25, -0.2) is 9.37 Å². The van der Waals surface area contributed by atoms with Crippen LogP contribution in [0.1, 0.15) is 31.9 Å². The highest BCUT2D eigenvalue weighted by atomic mass is 19.1. The monoisotopic (exact) mass is 459 g/mol. The van der Waals surface area contributed by atoms with Crippen LogP contribution >= 0.6 is 0 Å². The maximum absolute atomic E-state index is 14.1. The summed E-state index contributed by atoms with van der Waals surface area (Å²) in [6.07, 6.45) is 1.63. The zero-order valence-corrected chi connectivity index (χ0v) is 19.4. The molecular weight excluding hydrogens is 429 g/mol. The van der Waals surface area contributed by atoms with Gasteiger partial charge in [-0.05, 0) is 32.4 Å². The molecule has 1 unspecified atom stereocenters. The van der Waals surface area contributed by atoms with Gasteiger partial charge < -0.3 is 20.1 Å². The number of aliphatic hydroxyl groups is 1. The largest absolute Gasteiger partial charge is 0.508 e. The van der Waals surface area contributed by atoms with E-state index >= 15 is 0 Å². The summed E-state index contributed by atoms with van der Waals surface area (Å²) in [5.74, 6) is -0.780. The minimum absolute atomic E-state index is 0.161. The topological polar surface area (TPSA) is 70.3 Å². The Bertz CT molecular complexity index is 1220. The summed E-state index contributed by atoms with van der Waals surface area (Å²) in [5, 5.41) is 23.2. The summed E-state index contributed by atoms with van der Waals surface area (Å²) in [7, 11) is 0. The molecule has 3 N–H and O–H groups in total. The molecule has 0 saturated heterocycles. The second kappa shape index (κ2) is 10.2. The Labute approximate surface area is 199 Å². The van der Waals surface area contributed by atoms with Crippen molar-refractivity contribution in [3.63, 3.8) is 0 Å². The minimum Gasteiger partial charge on any atom is -0.508 e. The normalized spacial score (nSPS) is 12.6. The second-order valence-corrected chi connectivity index (χ2v) is 9.10. The third kappa shape index (κ3) is 5.53. The van der Waals surface area contributed by atoms with Crippen molar-refractivity contribution in [2.24, 2.45) is 0 Å². The van der Waals surface area contributed by atoms with Gasteiger partial charge in [0, 0.05) is 41.4 Å². The van der Waals surface area contributed by atoms with Crippen molar-refractivity contribution < 1.29 is 14.6 Å². The fourth-order valence-electron chi connectivity index (χ4n) is 4.02. The summed E-state index contributed by atoms with van der Waals surface area (Å²) in [4.78, 5) is 4.73. The molecule has 0 bridgehead atoms. The molecule has 1 atom stereocenters. The van der Waals surface area contributed by atoms with Gasteiger partial charge in [-0.2, -0.15) is 0 Å². The number of nitrogens with one attached hydrogen (secondary N) is 1. The van der Waals surface area contributed by atoms with Gasteiger partial charge in [-0.15, -0.1) is 0 Å². The van der Waals surface area contributed by atoms with Crippen molar-refractivity contribution in [1.82, 2.24) is 14.9 Å². The third-order valence-electron chi connectivity index (χ3n) is 6.03. The van der Waals surface area contributed by atoms with E-state index in [1.165, 1.54) is 12.1 Å². The number of rotatable bonds is 9. The fourth-order valence-corrected chi connectivity index (χ4v) is 4.02. The molecule has 0 fully saturated rings. The number of phenols is 1. The molecule has 3 aromatic carbocycles. The molecule has 5 nitrogen and oxygen atoms in total. The molecule has 4 aromatic rings. The van der Waals surface area contributed by atoms with E-state index in [0.717, 1.165) is 35.0 Å². The predicted octanol–water partition coefficient (Wildman–Crippen LogP) is 5.55. The first kappa shape index (κ1) is 23.7. The predicted molar refractivity (Wildman–Crippen MR) is 133 cm³/mol. The molecule has 0 spiro atoms. The van der Waals surface area contributed by atoms with Crippen LogP contribution in [-0.4, -0.2) is 31.8 Å². The number of aromatic hydroxyl groups is 1. The molecule has 0 radical (unpaired) electrons. The van der Waals surface area contributed by atoms with Gasteiger partial charge in [0.05, 0.1) is 23.8 Å². The summed E-state index contributed by atoms with van der Waals surface area (Å²) in [5.41, 5.74) is 4.01. The van der Waals surface area contributed by atoms with Crippen LogP contribution < -0.4 is 5.32 Å². The molecule has 0 amide bonds. The summed E-state index contributed by atoms with van der Waals surface area (Å²) < 4.78 is 16.2. The molecule has 6 heteroatoms. The first-order chi connectivity index (χ1) is 16.3. The van der Waals surface area contributed by atoms with Crippen LogP contribution in [0.5, 0.6) is 5.75 Å². The molecule has 0 saturated carbocycles. The lowest BCUT2D eigenvalue weighted by Crippen LogP contribution is -2.42. The van der Waals surface area contributed by atoms with Crippen molar-refractivity contribution in [2.75, 3.05) is 6.54 Å². The average molecular weight is 460 g/mol. The Morgan fingerprint density at radius 3 is 2.26 bits per heavy atom. The number of aliphatic hydroxyl groups excluding tert-OH is 1. The highest BCUT2D eigenvalue weighted by Gasteiger charge is 2.22. The number of imidazole rings is 1. The fraction of sp³-hybridized carbons (Fsp3) is 0.250. The van der Waals surface area contributed by atoms with Crippen LogP contribution in [0.15, 0.2) is 85.2 Å². The Morgan fingerprint density at radius 1 is 0.971 bits per heavy atom. The van der Waals surface area contributed by atoms with Crippen LogP contribution in [0.3, 0.4) is 0 Å². The van der Waals surface area contributed by atoms with Gasteiger partial charge >= 0.3 is 0 Å². The zero-order chi connectivity index (χ0) is 24.1. The summed E-state index contributed by atoms with van der Waals surface area (Å²) in [6, 6.07) is 24.2. The SMILES string of the molecule is CC(C)(CCn1cnc(-c2ccccc2)c1-c1ccccc1)NCC(O)c1ccc(O)cc1F. The Morgan fingerprint density at radius 2 is 1.62 bits per heavy atom. The maximum atomic E-state index is 14.1. The third-order valence-corrected chi connectivity index (χ3v) is 6.03.